The van der Waals surface area contributed by atoms with Gasteiger partial charge in [-0.05, 0) is 90.0 Å². The number of quaternary nitrogens is 1. The first kappa shape index (κ1) is 21.3. The molecule has 6 atom stereocenters. The van der Waals surface area contributed by atoms with Gasteiger partial charge in [0.2, 0.25) is 0 Å². The van der Waals surface area contributed by atoms with Crippen LogP contribution in [-0.4, -0.2) is 47.9 Å². The molecule has 1 aromatic carbocycles. The molecule has 3 nitrogen and oxygen atoms in total. The molecule has 0 N–H and O–H groups in total. The summed E-state index contributed by atoms with van der Waals surface area (Å²) in [5.74, 6) is 1.20. The fraction of sp³-hybridized carbons (Fsp3) is 0.581. The van der Waals surface area contributed by atoms with Crippen molar-refractivity contribution in [2.75, 3.05) is 21.1 Å². The third kappa shape index (κ3) is 2.74. The molecule has 3 fully saturated rings. The molecule has 2 aliphatic heterocycles. The molecule has 2 saturated carbocycles. The quantitative estimate of drug-likeness (QED) is 0.479. The van der Waals surface area contributed by atoms with Gasteiger partial charge in [0, 0.05) is 30.6 Å². The first-order valence-corrected chi connectivity index (χ1v) is 13.5. The van der Waals surface area contributed by atoms with Gasteiger partial charge >= 0.3 is 0 Å². The Morgan fingerprint density at radius 2 is 1.91 bits per heavy atom. The minimum Gasteiger partial charge on any atom is -0.359 e. The standard InChI is InChI=1S/C31H39N2O/c1-29-13-11-25-18-24-7-8-26(33(2,3)4)19-30(24)14-15-31(25,34-30)28(29)10-9-27(29)22-6-5-21-12-16-32-20-23(21)17-22/h5-6,11-12,16-18,20,26-28H,7-10,13-15,19H2,1-4H3/q+1. The maximum absolute atomic E-state index is 7.48. The fourth-order valence-corrected chi connectivity index (χ4v) is 8.91. The molecule has 1 saturated heterocycles. The van der Waals surface area contributed by atoms with Gasteiger partial charge in [0.25, 0.3) is 0 Å². The Labute approximate surface area is 204 Å². The summed E-state index contributed by atoms with van der Waals surface area (Å²) in [5, 5.41) is 2.56. The summed E-state index contributed by atoms with van der Waals surface area (Å²) in [6.45, 7) is 2.58. The van der Waals surface area contributed by atoms with Crippen LogP contribution in [0.1, 0.15) is 69.8 Å². The largest absolute Gasteiger partial charge is 0.359 e. The van der Waals surface area contributed by atoms with E-state index in [1.807, 2.05) is 12.4 Å². The molecule has 0 radical (unpaired) electrons. The average molecular weight is 456 g/mol. The zero-order chi connectivity index (χ0) is 23.3. The summed E-state index contributed by atoms with van der Waals surface area (Å²) in [4.78, 5) is 4.39. The number of hydrogen-bond acceptors (Lipinski definition) is 2. The van der Waals surface area contributed by atoms with Crippen molar-refractivity contribution in [3.63, 3.8) is 0 Å². The lowest BCUT2D eigenvalue weighted by molar-refractivity contribution is -0.898. The number of rotatable bonds is 2. The van der Waals surface area contributed by atoms with E-state index >= 15 is 0 Å². The monoisotopic (exact) mass is 455 g/mol. The first-order valence-electron chi connectivity index (χ1n) is 13.5. The number of nitrogens with zero attached hydrogens (tertiary/aromatic N) is 2. The summed E-state index contributed by atoms with van der Waals surface area (Å²) >= 11 is 0. The van der Waals surface area contributed by atoms with Gasteiger partial charge in [-0.25, -0.2) is 0 Å². The molecule has 3 heteroatoms. The second-order valence-corrected chi connectivity index (χ2v) is 13.2. The van der Waals surface area contributed by atoms with Crippen LogP contribution in [0.2, 0.25) is 0 Å². The third-order valence-electron chi connectivity index (χ3n) is 10.8. The molecule has 3 heterocycles. The first-order chi connectivity index (χ1) is 16.2. The number of benzene rings is 1. The van der Waals surface area contributed by atoms with E-state index in [2.05, 4.69) is 69.5 Å². The lowest BCUT2D eigenvalue weighted by Crippen LogP contribution is -2.57. The van der Waals surface area contributed by atoms with Crippen LogP contribution in [0.25, 0.3) is 10.8 Å². The third-order valence-corrected chi connectivity index (χ3v) is 10.8. The Kier molecular flexibility index (Phi) is 4.28. The van der Waals surface area contributed by atoms with Crippen LogP contribution in [0.15, 0.2) is 60.0 Å². The molecule has 6 unspecified atom stereocenters. The van der Waals surface area contributed by atoms with Gasteiger partial charge in [-0.3, -0.25) is 4.98 Å². The summed E-state index contributed by atoms with van der Waals surface area (Å²) in [6, 6.07) is 9.92. The van der Waals surface area contributed by atoms with Crippen LogP contribution >= 0.6 is 0 Å². The van der Waals surface area contributed by atoms with Gasteiger partial charge in [-0.15, -0.1) is 0 Å². The number of pyridine rings is 1. The number of ether oxygens (including phenoxy) is 1. The Morgan fingerprint density at radius 1 is 1.03 bits per heavy atom. The normalized spacial score (nSPS) is 40.9. The van der Waals surface area contributed by atoms with Crippen LogP contribution in [0.3, 0.4) is 0 Å². The lowest BCUT2D eigenvalue weighted by Gasteiger charge is -2.55. The molecular weight excluding hydrogens is 416 g/mol. The van der Waals surface area contributed by atoms with Crippen molar-refractivity contribution in [2.45, 2.75) is 81.5 Å². The van der Waals surface area contributed by atoms with E-state index in [0.717, 1.165) is 4.48 Å². The van der Waals surface area contributed by atoms with Gasteiger partial charge in [0.05, 0.1) is 38.4 Å². The second kappa shape index (κ2) is 6.83. The zero-order valence-electron chi connectivity index (χ0n) is 21.3. The van der Waals surface area contributed by atoms with Crippen molar-refractivity contribution in [3.05, 3.63) is 65.5 Å². The van der Waals surface area contributed by atoms with Gasteiger partial charge in [-0.2, -0.15) is 0 Å². The van der Waals surface area contributed by atoms with Gasteiger partial charge in [-0.1, -0.05) is 31.2 Å². The molecule has 2 bridgehead atoms. The fourth-order valence-electron chi connectivity index (χ4n) is 8.91. The average Bonchev–Trinajstić information content (AvgIpc) is 3.33. The minimum atomic E-state index is -0.0591. The summed E-state index contributed by atoms with van der Waals surface area (Å²) in [7, 11) is 7.10. The SMILES string of the molecule is CC12CC=C3C=C4CCC([N+](C)(C)C)CC45CCC3(O5)C1CCC2c1ccc2ccncc2c1. The summed E-state index contributed by atoms with van der Waals surface area (Å²) in [6.07, 6.45) is 19.0. The Balaban J connectivity index is 1.27. The highest BCUT2D eigenvalue weighted by atomic mass is 16.5. The minimum absolute atomic E-state index is 0.00323. The van der Waals surface area contributed by atoms with Crippen LogP contribution in [0.5, 0.6) is 0 Å². The molecule has 2 aromatic rings. The van der Waals surface area contributed by atoms with Crippen LogP contribution in [0.4, 0.5) is 0 Å². The predicted molar refractivity (Wildman–Crippen MR) is 138 cm³/mol. The summed E-state index contributed by atoms with van der Waals surface area (Å²) in [5.41, 5.74) is 4.83. The molecule has 178 valence electrons. The van der Waals surface area contributed by atoms with Gasteiger partial charge in [0.15, 0.2) is 0 Å². The molecule has 1 aromatic heterocycles. The Morgan fingerprint density at radius 3 is 2.76 bits per heavy atom. The number of fused-ring (bicyclic) bond motifs is 2. The summed E-state index contributed by atoms with van der Waals surface area (Å²) < 4.78 is 8.53. The van der Waals surface area contributed by atoms with E-state index in [4.69, 9.17) is 4.74 Å². The number of hydrogen-bond donors (Lipinski definition) is 0. The Bertz CT molecular complexity index is 1240. The number of aromatic nitrogens is 1. The van der Waals surface area contributed by atoms with Crippen molar-refractivity contribution < 1.29 is 9.22 Å². The smallest absolute Gasteiger partial charge is 0.0975 e. The highest BCUT2D eigenvalue weighted by Gasteiger charge is 2.67. The second-order valence-electron chi connectivity index (χ2n) is 13.2. The molecule has 7 rings (SSSR count). The van der Waals surface area contributed by atoms with Gasteiger partial charge in [0.1, 0.15) is 0 Å². The Hall–Kier alpha value is -1.97. The predicted octanol–water partition coefficient (Wildman–Crippen LogP) is 6.55. The molecular formula is C31H39N2O+. The van der Waals surface area contributed by atoms with E-state index in [9.17, 15) is 0 Å². The molecule has 5 aliphatic rings. The zero-order valence-corrected chi connectivity index (χ0v) is 21.3. The van der Waals surface area contributed by atoms with E-state index in [-0.39, 0.29) is 16.6 Å². The maximum Gasteiger partial charge on any atom is 0.0975 e. The maximum atomic E-state index is 7.48. The molecule has 0 amide bonds. The highest BCUT2D eigenvalue weighted by Crippen LogP contribution is 2.69. The molecule has 34 heavy (non-hydrogen) atoms. The van der Waals surface area contributed by atoms with Crippen LogP contribution < -0.4 is 0 Å². The van der Waals surface area contributed by atoms with Crippen LogP contribution in [0, 0.1) is 11.3 Å². The molecule has 3 aliphatic carbocycles. The van der Waals surface area contributed by atoms with E-state index in [1.165, 1.54) is 73.3 Å². The van der Waals surface area contributed by atoms with Crippen molar-refractivity contribution in [1.82, 2.24) is 4.98 Å². The topological polar surface area (TPSA) is 22.1 Å². The van der Waals surface area contributed by atoms with Crippen molar-refractivity contribution in [2.24, 2.45) is 11.3 Å². The van der Waals surface area contributed by atoms with Crippen molar-refractivity contribution in [1.29, 1.82) is 0 Å². The van der Waals surface area contributed by atoms with E-state index < -0.39 is 0 Å². The van der Waals surface area contributed by atoms with Crippen LogP contribution in [-0.2, 0) is 4.74 Å². The highest BCUT2D eigenvalue weighted by molar-refractivity contribution is 5.82. The van der Waals surface area contributed by atoms with Crippen molar-refractivity contribution >= 4 is 10.8 Å². The molecule has 2 spiro atoms. The number of allylic oxidation sites excluding steroid dienone is 1. The van der Waals surface area contributed by atoms with E-state index in [1.54, 1.807) is 5.57 Å². The van der Waals surface area contributed by atoms with E-state index in [0.29, 0.717) is 17.9 Å². The van der Waals surface area contributed by atoms with Gasteiger partial charge < -0.3 is 9.22 Å². The van der Waals surface area contributed by atoms with Crippen molar-refractivity contribution in [3.8, 4) is 0 Å². The lowest BCUT2D eigenvalue weighted by atomic mass is 9.58.